The maximum Gasteiger partial charge on any atom is 0.192 e. The van der Waals surface area contributed by atoms with Crippen LogP contribution in [0.1, 0.15) is 42.0 Å². The SMILES string of the molecule is CC(Sc1nnc(CN2CCCC2)n1Cc1ccccc1)c1ccc(F)cc1. The number of thioether (sulfide) groups is 1. The molecule has 1 atom stereocenters. The second-order valence-corrected chi connectivity index (χ2v) is 8.57. The summed E-state index contributed by atoms with van der Waals surface area (Å²) in [6.45, 7) is 5.99. The zero-order chi connectivity index (χ0) is 19.3. The van der Waals surface area contributed by atoms with Crippen molar-refractivity contribution in [2.24, 2.45) is 0 Å². The second kappa shape index (κ2) is 8.88. The van der Waals surface area contributed by atoms with Gasteiger partial charge in [-0.25, -0.2) is 4.39 Å². The molecule has 1 aliphatic heterocycles. The van der Waals surface area contributed by atoms with Crippen molar-refractivity contribution in [2.45, 2.75) is 43.3 Å². The van der Waals surface area contributed by atoms with Gasteiger partial charge in [-0.1, -0.05) is 54.2 Å². The van der Waals surface area contributed by atoms with E-state index in [4.69, 9.17) is 0 Å². The molecule has 1 aliphatic rings. The summed E-state index contributed by atoms with van der Waals surface area (Å²) in [5.74, 6) is 0.806. The molecule has 1 fully saturated rings. The molecule has 2 heterocycles. The van der Waals surface area contributed by atoms with Crippen molar-refractivity contribution in [1.82, 2.24) is 19.7 Å². The van der Waals surface area contributed by atoms with Crippen LogP contribution in [-0.4, -0.2) is 32.8 Å². The zero-order valence-electron chi connectivity index (χ0n) is 16.1. The van der Waals surface area contributed by atoms with Crippen LogP contribution in [-0.2, 0) is 13.1 Å². The van der Waals surface area contributed by atoms with Gasteiger partial charge in [0, 0.05) is 5.25 Å². The number of aromatic nitrogens is 3. The lowest BCUT2D eigenvalue weighted by Gasteiger charge is -2.17. The fourth-order valence-corrected chi connectivity index (χ4v) is 4.54. The van der Waals surface area contributed by atoms with Gasteiger partial charge in [0.2, 0.25) is 0 Å². The van der Waals surface area contributed by atoms with Crippen LogP contribution in [0, 0.1) is 5.82 Å². The number of hydrogen-bond donors (Lipinski definition) is 0. The standard InChI is InChI=1S/C22H25FN4S/c1-17(19-9-11-20(23)12-10-19)28-22-25-24-21(16-26-13-5-6-14-26)27(22)15-18-7-3-2-4-8-18/h2-4,7-12,17H,5-6,13-16H2,1H3. The normalized spacial score (nSPS) is 15.8. The maximum atomic E-state index is 13.2. The summed E-state index contributed by atoms with van der Waals surface area (Å²) in [6, 6.07) is 17.1. The highest BCUT2D eigenvalue weighted by molar-refractivity contribution is 7.99. The van der Waals surface area contributed by atoms with Gasteiger partial charge in [-0.05, 0) is 56.1 Å². The minimum Gasteiger partial charge on any atom is -0.300 e. The van der Waals surface area contributed by atoms with E-state index in [9.17, 15) is 4.39 Å². The molecular weight excluding hydrogens is 371 g/mol. The van der Waals surface area contributed by atoms with Gasteiger partial charge in [0.05, 0.1) is 13.1 Å². The molecule has 0 amide bonds. The molecule has 4 nitrogen and oxygen atoms in total. The summed E-state index contributed by atoms with van der Waals surface area (Å²) < 4.78 is 15.5. The van der Waals surface area contributed by atoms with Crippen LogP contribution < -0.4 is 0 Å². The number of nitrogens with zero attached hydrogens (tertiary/aromatic N) is 4. The van der Waals surface area contributed by atoms with Crippen LogP contribution in [0.25, 0.3) is 0 Å². The van der Waals surface area contributed by atoms with Gasteiger partial charge in [-0.2, -0.15) is 0 Å². The number of hydrogen-bond acceptors (Lipinski definition) is 4. The highest BCUT2D eigenvalue weighted by Gasteiger charge is 2.20. The molecule has 3 aromatic rings. The second-order valence-electron chi connectivity index (χ2n) is 7.27. The van der Waals surface area contributed by atoms with Gasteiger partial charge in [-0.15, -0.1) is 10.2 Å². The zero-order valence-corrected chi connectivity index (χ0v) is 16.9. The molecule has 0 bridgehead atoms. The van der Waals surface area contributed by atoms with Crippen molar-refractivity contribution >= 4 is 11.8 Å². The van der Waals surface area contributed by atoms with Gasteiger partial charge in [0.25, 0.3) is 0 Å². The minimum absolute atomic E-state index is 0.166. The summed E-state index contributed by atoms with van der Waals surface area (Å²) in [4.78, 5) is 2.45. The Balaban J connectivity index is 1.58. The molecule has 1 aromatic heterocycles. The number of rotatable bonds is 7. The van der Waals surface area contributed by atoms with Crippen molar-refractivity contribution in [3.63, 3.8) is 0 Å². The van der Waals surface area contributed by atoms with Crippen LogP contribution >= 0.6 is 11.8 Å². The Morgan fingerprint density at radius 3 is 2.39 bits per heavy atom. The predicted octanol–water partition coefficient (Wildman–Crippen LogP) is 4.91. The van der Waals surface area contributed by atoms with E-state index >= 15 is 0 Å². The van der Waals surface area contributed by atoms with Crippen molar-refractivity contribution in [3.8, 4) is 0 Å². The Labute approximate surface area is 169 Å². The highest BCUT2D eigenvalue weighted by Crippen LogP contribution is 2.34. The quantitative estimate of drug-likeness (QED) is 0.531. The molecular formula is C22H25FN4S. The van der Waals surface area contributed by atoms with E-state index in [1.807, 2.05) is 18.2 Å². The third kappa shape index (κ3) is 4.62. The van der Waals surface area contributed by atoms with E-state index in [0.29, 0.717) is 0 Å². The first-order chi connectivity index (χ1) is 13.7. The van der Waals surface area contributed by atoms with E-state index in [2.05, 4.69) is 50.9 Å². The van der Waals surface area contributed by atoms with E-state index in [0.717, 1.165) is 42.7 Å². The van der Waals surface area contributed by atoms with Crippen LogP contribution in [0.5, 0.6) is 0 Å². The first-order valence-corrected chi connectivity index (χ1v) is 10.7. The molecule has 2 aromatic carbocycles. The maximum absolute atomic E-state index is 13.2. The Kier molecular flexibility index (Phi) is 6.07. The number of likely N-dealkylation sites (tertiary alicyclic amines) is 1. The van der Waals surface area contributed by atoms with Gasteiger partial charge in [0.1, 0.15) is 11.6 Å². The molecule has 0 spiro atoms. The van der Waals surface area contributed by atoms with Crippen LogP contribution in [0.4, 0.5) is 4.39 Å². The van der Waals surface area contributed by atoms with Crippen LogP contribution in [0.2, 0.25) is 0 Å². The molecule has 28 heavy (non-hydrogen) atoms. The molecule has 6 heteroatoms. The van der Waals surface area contributed by atoms with Gasteiger partial charge < -0.3 is 4.57 Å². The molecule has 0 aliphatic carbocycles. The lowest BCUT2D eigenvalue weighted by Crippen LogP contribution is -2.21. The summed E-state index contributed by atoms with van der Waals surface area (Å²) in [7, 11) is 0. The third-order valence-corrected chi connectivity index (χ3v) is 6.30. The molecule has 146 valence electrons. The first kappa shape index (κ1) is 19.2. The summed E-state index contributed by atoms with van der Waals surface area (Å²) >= 11 is 1.68. The average molecular weight is 397 g/mol. The topological polar surface area (TPSA) is 34.0 Å². The van der Waals surface area contributed by atoms with Crippen molar-refractivity contribution < 1.29 is 4.39 Å². The summed E-state index contributed by atoms with van der Waals surface area (Å²) in [5.41, 5.74) is 2.32. The van der Waals surface area contributed by atoms with Crippen LogP contribution in [0.3, 0.4) is 0 Å². The fraction of sp³-hybridized carbons (Fsp3) is 0.364. The van der Waals surface area contributed by atoms with Crippen LogP contribution in [0.15, 0.2) is 59.8 Å². The van der Waals surface area contributed by atoms with E-state index in [1.54, 1.807) is 11.8 Å². The molecule has 1 unspecified atom stereocenters. The summed E-state index contributed by atoms with van der Waals surface area (Å²) in [5, 5.41) is 10.1. The molecule has 0 radical (unpaired) electrons. The largest absolute Gasteiger partial charge is 0.300 e. The predicted molar refractivity (Wildman–Crippen MR) is 111 cm³/mol. The van der Waals surface area contributed by atoms with Crippen molar-refractivity contribution in [1.29, 1.82) is 0 Å². The Morgan fingerprint density at radius 1 is 0.964 bits per heavy atom. The minimum atomic E-state index is -0.207. The molecule has 0 saturated carbocycles. The smallest absolute Gasteiger partial charge is 0.192 e. The first-order valence-electron chi connectivity index (χ1n) is 9.79. The van der Waals surface area contributed by atoms with Gasteiger partial charge >= 0.3 is 0 Å². The average Bonchev–Trinajstić information content (AvgIpc) is 3.35. The van der Waals surface area contributed by atoms with Gasteiger partial charge in [-0.3, -0.25) is 4.90 Å². The number of benzene rings is 2. The lowest BCUT2D eigenvalue weighted by atomic mass is 10.2. The van der Waals surface area contributed by atoms with Crippen molar-refractivity contribution in [3.05, 3.63) is 77.4 Å². The van der Waals surface area contributed by atoms with E-state index < -0.39 is 0 Å². The van der Waals surface area contributed by atoms with Gasteiger partial charge in [0.15, 0.2) is 5.16 Å². The third-order valence-electron chi connectivity index (χ3n) is 5.16. The van der Waals surface area contributed by atoms with E-state index in [1.165, 1.54) is 30.5 Å². The Morgan fingerprint density at radius 2 is 1.68 bits per heavy atom. The summed E-state index contributed by atoms with van der Waals surface area (Å²) in [6.07, 6.45) is 2.52. The highest BCUT2D eigenvalue weighted by atomic mass is 32.2. The fourth-order valence-electron chi connectivity index (χ4n) is 3.55. The molecule has 0 N–H and O–H groups in total. The number of halogens is 1. The molecule has 1 saturated heterocycles. The lowest BCUT2D eigenvalue weighted by molar-refractivity contribution is 0.316. The Bertz CT molecular complexity index is 889. The Hall–Kier alpha value is -2.18. The molecule has 4 rings (SSSR count). The monoisotopic (exact) mass is 396 g/mol. The van der Waals surface area contributed by atoms with E-state index in [-0.39, 0.29) is 11.1 Å². The van der Waals surface area contributed by atoms with Crippen molar-refractivity contribution in [2.75, 3.05) is 13.1 Å².